The van der Waals surface area contributed by atoms with Crippen LogP contribution in [0.5, 0.6) is 5.75 Å². The van der Waals surface area contributed by atoms with Crippen LogP contribution in [0.3, 0.4) is 0 Å². The monoisotopic (exact) mass is 406 g/mol. The molecular weight excluding hydrogens is 390 g/mol. The molecule has 0 aliphatic rings. The van der Waals surface area contributed by atoms with Crippen molar-refractivity contribution < 1.29 is 35.9 Å². The molecule has 0 radical (unpaired) electrons. The summed E-state index contributed by atoms with van der Waals surface area (Å²) < 4.78 is 82.2. The van der Waals surface area contributed by atoms with E-state index in [4.69, 9.17) is 10.5 Å². The number of hydrogen-bond acceptors (Lipinski definition) is 3. The zero-order chi connectivity index (χ0) is 20.9. The summed E-state index contributed by atoms with van der Waals surface area (Å²) in [6.45, 7) is 0.0953. The number of benzene rings is 2. The molecule has 2 aromatic carbocycles. The fourth-order valence-electron chi connectivity index (χ4n) is 2.28. The number of carbonyl (C=O) groups excluding carboxylic acids is 1. The second-order valence-electron chi connectivity index (χ2n) is 5.83. The highest BCUT2D eigenvalue weighted by Crippen LogP contribution is 2.37. The largest absolute Gasteiger partial charge is 0.491 e. The predicted octanol–water partition coefficient (Wildman–Crippen LogP) is 5.10. The number of hydrogen-bond donors (Lipinski definition) is 2. The van der Waals surface area contributed by atoms with E-state index in [0.717, 1.165) is 0 Å². The van der Waals surface area contributed by atoms with Gasteiger partial charge in [0.1, 0.15) is 5.75 Å². The lowest BCUT2D eigenvalue weighted by molar-refractivity contribution is -0.143. The third-order valence-corrected chi connectivity index (χ3v) is 3.60. The molecule has 1 amide bonds. The van der Waals surface area contributed by atoms with Gasteiger partial charge in [-0.2, -0.15) is 26.3 Å². The normalized spacial score (nSPS) is 11.9. The Bertz CT molecular complexity index is 801. The summed E-state index contributed by atoms with van der Waals surface area (Å²) in [7, 11) is 0. The molecule has 4 nitrogen and oxygen atoms in total. The average molecular weight is 406 g/mol. The van der Waals surface area contributed by atoms with Crippen LogP contribution in [-0.4, -0.2) is 12.5 Å². The Labute approximate surface area is 156 Å². The number of halogens is 6. The van der Waals surface area contributed by atoms with E-state index in [-0.39, 0.29) is 25.5 Å². The van der Waals surface area contributed by atoms with Crippen molar-refractivity contribution in [2.45, 2.75) is 25.2 Å². The van der Waals surface area contributed by atoms with Crippen molar-refractivity contribution >= 4 is 17.3 Å². The highest BCUT2D eigenvalue weighted by molar-refractivity contribution is 5.90. The smallest absolute Gasteiger partial charge is 0.416 e. The van der Waals surface area contributed by atoms with Gasteiger partial charge in [-0.25, -0.2) is 0 Å². The van der Waals surface area contributed by atoms with E-state index in [1.807, 2.05) is 0 Å². The van der Waals surface area contributed by atoms with E-state index >= 15 is 0 Å². The molecule has 0 saturated carbocycles. The van der Waals surface area contributed by atoms with E-state index in [2.05, 4.69) is 5.32 Å². The van der Waals surface area contributed by atoms with Gasteiger partial charge in [0.15, 0.2) is 0 Å². The molecule has 3 N–H and O–H groups in total. The van der Waals surface area contributed by atoms with Gasteiger partial charge in [0.25, 0.3) is 0 Å². The van der Waals surface area contributed by atoms with Gasteiger partial charge in [-0.1, -0.05) is 12.1 Å². The summed E-state index contributed by atoms with van der Waals surface area (Å²) in [6, 6.07) is 7.55. The van der Waals surface area contributed by atoms with E-state index in [1.165, 1.54) is 0 Å². The number of nitrogens with two attached hydrogens (primary N) is 1. The molecule has 0 fully saturated rings. The number of ether oxygens (including phenoxy) is 1. The number of rotatable bonds is 6. The molecule has 0 unspecified atom stereocenters. The number of alkyl halides is 6. The second-order valence-corrected chi connectivity index (χ2v) is 5.83. The molecule has 0 atom stereocenters. The number of nitrogen functional groups attached to an aromatic ring is 1. The zero-order valence-corrected chi connectivity index (χ0v) is 14.3. The van der Waals surface area contributed by atoms with Crippen LogP contribution in [0.4, 0.5) is 37.7 Å². The van der Waals surface area contributed by atoms with Crippen LogP contribution in [0.15, 0.2) is 42.5 Å². The SMILES string of the molecule is Nc1ccccc1OCCCC(=O)Nc1cc(C(F)(F)F)cc(C(F)(F)F)c1. The lowest BCUT2D eigenvalue weighted by Crippen LogP contribution is -2.16. The summed E-state index contributed by atoms with van der Waals surface area (Å²) in [5.74, 6) is -0.326. The molecule has 28 heavy (non-hydrogen) atoms. The number of carbonyl (C=O) groups is 1. The van der Waals surface area contributed by atoms with Crippen LogP contribution in [0.2, 0.25) is 0 Å². The Balaban J connectivity index is 1.98. The van der Waals surface area contributed by atoms with Gasteiger partial charge >= 0.3 is 12.4 Å². The Kier molecular flexibility index (Phi) is 6.42. The Morgan fingerprint density at radius 1 is 0.964 bits per heavy atom. The van der Waals surface area contributed by atoms with Crippen molar-refractivity contribution in [3.8, 4) is 5.75 Å². The molecule has 2 aromatic rings. The van der Waals surface area contributed by atoms with E-state index < -0.39 is 35.1 Å². The molecule has 0 heterocycles. The van der Waals surface area contributed by atoms with Crippen LogP contribution in [0.1, 0.15) is 24.0 Å². The van der Waals surface area contributed by atoms with Gasteiger partial charge in [0.2, 0.25) is 5.91 Å². The Morgan fingerprint density at radius 3 is 2.07 bits per heavy atom. The maximum absolute atomic E-state index is 12.8. The molecule has 10 heteroatoms. The van der Waals surface area contributed by atoms with Crippen molar-refractivity contribution in [3.05, 3.63) is 53.6 Å². The van der Waals surface area contributed by atoms with Crippen molar-refractivity contribution in [2.75, 3.05) is 17.7 Å². The fourth-order valence-corrected chi connectivity index (χ4v) is 2.28. The Hall–Kier alpha value is -2.91. The van der Waals surface area contributed by atoms with Gasteiger partial charge in [0, 0.05) is 12.1 Å². The number of anilines is 2. The highest BCUT2D eigenvalue weighted by atomic mass is 19.4. The van der Waals surface area contributed by atoms with Crippen LogP contribution in [0, 0.1) is 0 Å². The van der Waals surface area contributed by atoms with Gasteiger partial charge in [0.05, 0.1) is 23.4 Å². The van der Waals surface area contributed by atoms with Gasteiger partial charge in [-0.05, 0) is 36.8 Å². The molecule has 0 aliphatic heterocycles. The van der Waals surface area contributed by atoms with Crippen LogP contribution < -0.4 is 15.8 Å². The summed E-state index contributed by atoms with van der Waals surface area (Å²) in [5, 5.41) is 2.06. The summed E-state index contributed by atoms with van der Waals surface area (Å²) in [4.78, 5) is 11.9. The number of amides is 1. The number of nitrogens with one attached hydrogen (secondary N) is 1. The maximum Gasteiger partial charge on any atom is 0.416 e. The number of para-hydroxylation sites is 2. The van der Waals surface area contributed by atoms with Crippen molar-refractivity contribution in [3.63, 3.8) is 0 Å². The predicted molar refractivity (Wildman–Crippen MR) is 90.7 cm³/mol. The van der Waals surface area contributed by atoms with E-state index in [1.54, 1.807) is 24.3 Å². The van der Waals surface area contributed by atoms with E-state index in [0.29, 0.717) is 23.6 Å². The minimum absolute atomic E-state index is 0.00619. The van der Waals surface area contributed by atoms with Crippen LogP contribution >= 0.6 is 0 Å². The lowest BCUT2D eigenvalue weighted by Gasteiger charge is -2.15. The zero-order valence-electron chi connectivity index (χ0n) is 14.3. The molecule has 0 bridgehead atoms. The maximum atomic E-state index is 12.8. The molecule has 0 spiro atoms. The van der Waals surface area contributed by atoms with Gasteiger partial charge in [-0.3, -0.25) is 4.79 Å². The first-order valence-electron chi connectivity index (χ1n) is 8.03. The minimum Gasteiger partial charge on any atom is -0.491 e. The molecule has 0 aliphatic carbocycles. The fraction of sp³-hybridized carbons (Fsp3) is 0.278. The van der Waals surface area contributed by atoms with Gasteiger partial charge < -0.3 is 15.8 Å². The quantitative estimate of drug-likeness (QED) is 0.398. The molecule has 152 valence electrons. The summed E-state index contributed by atoms with van der Waals surface area (Å²) in [6.07, 6.45) is -9.94. The highest BCUT2D eigenvalue weighted by Gasteiger charge is 2.37. The third-order valence-electron chi connectivity index (χ3n) is 3.60. The first-order chi connectivity index (χ1) is 13.0. The molecule has 0 aromatic heterocycles. The van der Waals surface area contributed by atoms with Crippen molar-refractivity contribution in [2.24, 2.45) is 0 Å². The first kappa shape index (κ1) is 21.4. The van der Waals surface area contributed by atoms with Crippen LogP contribution in [-0.2, 0) is 17.1 Å². The van der Waals surface area contributed by atoms with Crippen molar-refractivity contribution in [1.82, 2.24) is 0 Å². The standard InChI is InChI=1S/C18H16F6N2O2/c19-17(20,21)11-8-12(18(22,23)24)10-13(9-11)26-16(27)6-3-7-28-15-5-2-1-4-14(15)25/h1-2,4-5,8-10H,3,6-7,25H2,(H,26,27). The van der Waals surface area contributed by atoms with Crippen LogP contribution in [0.25, 0.3) is 0 Å². The van der Waals surface area contributed by atoms with Crippen molar-refractivity contribution in [1.29, 1.82) is 0 Å². The molecule has 2 rings (SSSR count). The topological polar surface area (TPSA) is 64.3 Å². The minimum atomic E-state index is -4.98. The average Bonchev–Trinajstić information content (AvgIpc) is 2.58. The van der Waals surface area contributed by atoms with Gasteiger partial charge in [-0.15, -0.1) is 0 Å². The second kappa shape index (κ2) is 8.41. The van der Waals surface area contributed by atoms with E-state index in [9.17, 15) is 31.1 Å². The lowest BCUT2D eigenvalue weighted by atomic mass is 10.1. The third kappa shape index (κ3) is 6.07. The Morgan fingerprint density at radius 2 is 1.54 bits per heavy atom. The summed E-state index contributed by atoms with van der Waals surface area (Å²) >= 11 is 0. The molecule has 0 saturated heterocycles. The summed E-state index contributed by atoms with van der Waals surface area (Å²) in [5.41, 5.74) is 2.49. The molecular formula is C18H16F6N2O2. The first-order valence-corrected chi connectivity index (χ1v) is 8.03.